The van der Waals surface area contributed by atoms with Gasteiger partial charge >= 0.3 is 6.18 Å². The Balaban J connectivity index is 1.44. The van der Waals surface area contributed by atoms with E-state index in [0.29, 0.717) is 18.3 Å². The molecule has 0 bridgehead atoms. The molecule has 0 aliphatic heterocycles. The average Bonchev–Trinajstić information content (AvgIpc) is 3.59. The number of nitrogens with zero attached hydrogens (tertiary/aromatic N) is 3. The molecule has 4 rings (SSSR count). The second-order valence-electron chi connectivity index (χ2n) is 7.29. The summed E-state index contributed by atoms with van der Waals surface area (Å²) in [6.07, 6.45) is -0.598. The lowest BCUT2D eigenvalue weighted by atomic mass is 10.1. The van der Waals surface area contributed by atoms with E-state index in [1.165, 1.54) is 6.20 Å². The molecule has 0 radical (unpaired) electrons. The number of aromatic nitrogens is 3. The van der Waals surface area contributed by atoms with E-state index < -0.39 is 17.3 Å². The molecule has 7 nitrogen and oxygen atoms in total. The number of nitrogens with one attached hydrogen (secondary N) is 2. The predicted octanol–water partition coefficient (Wildman–Crippen LogP) is 3.80. The molecule has 166 valence electrons. The molecule has 32 heavy (non-hydrogen) atoms. The van der Waals surface area contributed by atoms with Gasteiger partial charge in [0.1, 0.15) is 5.02 Å². The minimum Gasteiger partial charge on any atom is -0.378 e. The lowest BCUT2D eigenvalue weighted by molar-refractivity contribution is -0.137. The highest BCUT2D eigenvalue weighted by molar-refractivity contribution is 6.32. The van der Waals surface area contributed by atoms with Crippen molar-refractivity contribution >= 4 is 23.2 Å². The Morgan fingerprint density at radius 1 is 1.12 bits per heavy atom. The third-order valence-corrected chi connectivity index (χ3v) is 5.19. The van der Waals surface area contributed by atoms with Gasteiger partial charge in [-0.05, 0) is 42.7 Å². The van der Waals surface area contributed by atoms with Gasteiger partial charge in [-0.2, -0.15) is 23.0 Å². The zero-order valence-electron chi connectivity index (χ0n) is 16.5. The molecule has 0 atom stereocenters. The van der Waals surface area contributed by atoms with Gasteiger partial charge in [0.2, 0.25) is 0 Å². The Kier molecular flexibility index (Phi) is 5.88. The molecular formula is C21H17ClF3N5O2. The number of carbonyl (C=O) groups excluding carboxylic acids is 1. The summed E-state index contributed by atoms with van der Waals surface area (Å²) in [7, 11) is 0. The van der Waals surface area contributed by atoms with Crippen molar-refractivity contribution in [3.63, 3.8) is 0 Å². The Morgan fingerprint density at radius 2 is 1.84 bits per heavy atom. The van der Waals surface area contributed by atoms with Crippen LogP contribution in [-0.4, -0.2) is 26.7 Å². The van der Waals surface area contributed by atoms with Crippen LogP contribution in [0.1, 0.15) is 34.3 Å². The number of amides is 1. The molecule has 1 fully saturated rings. The Bertz CT molecular complexity index is 1190. The quantitative estimate of drug-likeness (QED) is 0.580. The summed E-state index contributed by atoms with van der Waals surface area (Å²) < 4.78 is 38.9. The first kappa shape index (κ1) is 21.8. The first-order valence-corrected chi connectivity index (χ1v) is 10.1. The van der Waals surface area contributed by atoms with E-state index in [-0.39, 0.29) is 28.5 Å². The lowest BCUT2D eigenvalue weighted by Gasteiger charge is -2.11. The van der Waals surface area contributed by atoms with E-state index in [2.05, 4.69) is 20.7 Å². The minimum atomic E-state index is -4.53. The number of rotatable bonds is 6. The third-order valence-electron chi connectivity index (χ3n) is 4.82. The molecule has 2 N–H and O–H groups in total. The first-order valence-electron chi connectivity index (χ1n) is 9.67. The van der Waals surface area contributed by atoms with Crippen LogP contribution in [0.15, 0.2) is 53.6 Å². The van der Waals surface area contributed by atoms with Crippen LogP contribution in [-0.2, 0) is 12.7 Å². The Labute approximate surface area is 185 Å². The summed E-state index contributed by atoms with van der Waals surface area (Å²) in [5.74, 6) is -0.198. The van der Waals surface area contributed by atoms with E-state index >= 15 is 0 Å². The van der Waals surface area contributed by atoms with Crippen molar-refractivity contribution < 1.29 is 18.0 Å². The highest BCUT2D eigenvalue weighted by Gasteiger charge is 2.30. The van der Waals surface area contributed by atoms with Gasteiger partial charge in [-0.15, -0.1) is 0 Å². The average molecular weight is 464 g/mol. The van der Waals surface area contributed by atoms with E-state index in [9.17, 15) is 22.8 Å². The normalized spacial score (nSPS) is 13.6. The number of alkyl halides is 3. The van der Waals surface area contributed by atoms with Gasteiger partial charge in [0, 0.05) is 24.3 Å². The summed E-state index contributed by atoms with van der Waals surface area (Å²) in [4.78, 5) is 28.2. The van der Waals surface area contributed by atoms with Crippen LogP contribution in [0, 0.1) is 0 Å². The van der Waals surface area contributed by atoms with E-state index in [1.54, 1.807) is 24.3 Å². The van der Waals surface area contributed by atoms with Crippen molar-refractivity contribution in [1.82, 2.24) is 20.1 Å². The predicted molar refractivity (Wildman–Crippen MR) is 112 cm³/mol. The van der Waals surface area contributed by atoms with Gasteiger partial charge < -0.3 is 10.6 Å². The van der Waals surface area contributed by atoms with Crippen LogP contribution in [0.4, 0.5) is 18.9 Å². The molecule has 1 aromatic carbocycles. The van der Waals surface area contributed by atoms with Gasteiger partial charge in [0.15, 0.2) is 5.82 Å². The fourth-order valence-corrected chi connectivity index (χ4v) is 3.06. The molecule has 0 unspecified atom stereocenters. The largest absolute Gasteiger partial charge is 0.417 e. The summed E-state index contributed by atoms with van der Waals surface area (Å²) in [6, 6.07) is 9.11. The van der Waals surface area contributed by atoms with Crippen LogP contribution in [0.3, 0.4) is 0 Å². The molecule has 0 spiro atoms. The smallest absolute Gasteiger partial charge is 0.378 e. The van der Waals surface area contributed by atoms with Gasteiger partial charge in [-0.1, -0.05) is 23.7 Å². The second-order valence-corrected chi connectivity index (χ2v) is 7.67. The molecule has 11 heteroatoms. The molecule has 0 saturated heterocycles. The summed E-state index contributed by atoms with van der Waals surface area (Å²) in [5.41, 5.74) is 0.00531. The SMILES string of the molecule is O=C(NC1CC1)c1ccc(CNc2cnn(-c3ccc(C(F)(F)F)cn3)c(=O)c2Cl)cc1. The number of anilines is 1. The number of hydrogen-bond acceptors (Lipinski definition) is 5. The number of pyridine rings is 1. The molecule has 1 aliphatic rings. The van der Waals surface area contributed by atoms with Gasteiger partial charge in [0.25, 0.3) is 11.5 Å². The zero-order chi connectivity index (χ0) is 22.9. The van der Waals surface area contributed by atoms with Crippen molar-refractivity contribution in [1.29, 1.82) is 0 Å². The fraction of sp³-hybridized carbons (Fsp3) is 0.238. The first-order chi connectivity index (χ1) is 15.2. The number of halogens is 4. The number of benzene rings is 1. The topological polar surface area (TPSA) is 88.9 Å². The monoisotopic (exact) mass is 463 g/mol. The van der Waals surface area contributed by atoms with E-state index in [0.717, 1.165) is 35.2 Å². The van der Waals surface area contributed by atoms with Crippen molar-refractivity contribution in [3.8, 4) is 5.82 Å². The number of hydrogen-bond donors (Lipinski definition) is 2. The number of carbonyl (C=O) groups is 1. The Morgan fingerprint density at radius 3 is 2.44 bits per heavy atom. The molecule has 3 aromatic rings. The molecule has 1 saturated carbocycles. The highest BCUT2D eigenvalue weighted by atomic mass is 35.5. The van der Waals surface area contributed by atoms with Crippen LogP contribution >= 0.6 is 11.6 Å². The van der Waals surface area contributed by atoms with Crippen molar-refractivity contribution in [3.05, 3.63) is 80.9 Å². The van der Waals surface area contributed by atoms with Crippen LogP contribution in [0.25, 0.3) is 5.82 Å². The maximum Gasteiger partial charge on any atom is 0.417 e. The molecule has 1 amide bonds. The van der Waals surface area contributed by atoms with Crippen molar-refractivity contribution in [2.75, 3.05) is 5.32 Å². The summed E-state index contributed by atoms with van der Waals surface area (Å²) in [5, 5.41) is 9.67. The second kappa shape index (κ2) is 8.62. The molecule has 2 aromatic heterocycles. The van der Waals surface area contributed by atoms with Crippen LogP contribution < -0.4 is 16.2 Å². The standard InChI is InChI=1S/C21H17ClF3N5O2/c22-18-16(26-9-12-1-3-13(4-2-12)19(31)29-15-6-7-15)11-28-30(20(18)32)17-8-5-14(10-27-17)21(23,24)25/h1-5,8,10-11,15,26H,6-7,9H2,(H,29,31). The summed E-state index contributed by atoms with van der Waals surface area (Å²) in [6.45, 7) is 0.313. The van der Waals surface area contributed by atoms with E-state index in [4.69, 9.17) is 11.6 Å². The molecule has 1 aliphatic carbocycles. The van der Waals surface area contributed by atoms with Crippen LogP contribution in [0.2, 0.25) is 5.02 Å². The fourth-order valence-electron chi connectivity index (χ4n) is 2.87. The maximum absolute atomic E-state index is 12.7. The van der Waals surface area contributed by atoms with Gasteiger partial charge in [-0.25, -0.2) is 4.98 Å². The van der Waals surface area contributed by atoms with E-state index in [1.807, 2.05) is 0 Å². The molecular weight excluding hydrogens is 447 g/mol. The summed E-state index contributed by atoms with van der Waals surface area (Å²) >= 11 is 6.14. The lowest BCUT2D eigenvalue weighted by Crippen LogP contribution is -2.25. The maximum atomic E-state index is 12.7. The van der Waals surface area contributed by atoms with Gasteiger partial charge in [0.05, 0.1) is 17.4 Å². The van der Waals surface area contributed by atoms with Crippen molar-refractivity contribution in [2.45, 2.75) is 31.6 Å². The Hall–Kier alpha value is -3.40. The van der Waals surface area contributed by atoms with Crippen molar-refractivity contribution in [2.24, 2.45) is 0 Å². The van der Waals surface area contributed by atoms with Gasteiger partial charge in [-0.3, -0.25) is 9.59 Å². The highest BCUT2D eigenvalue weighted by Crippen LogP contribution is 2.28. The molecule has 2 heterocycles. The van der Waals surface area contributed by atoms with Crippen LogP contribution in [0.5, 0.6) is 0 Å². The zero-order valence-corrected chi connectivity index (χ0v) is 17.2. The minimum absolute atomic E-state index is 0.0866. The third kappa shape index (κ3) is 4.91.